The zero-order valence-electron chi connectivity index (χ0n) is 11.1. The molecule has 2 N–H and O–H groups in total. The summed E-state index contributed by atoms with van der Waals surface area (Å²) in [6.45, 7) is 6.94. The summed E-state index contributed by atoms with van der Waals surface area (Å²) in [5.41, 5.74) is 0. The molecule has 1 unspecified atom stereocenters. The first-order valence-corrected chi connectivity index (χ1v) is 7.84. The van der Waals surface area contributed by atoms with Gasteiger partial charge in [0, 0.05) is 19.0 Å². The first-order chi connectivity index (χ1) is 7.72. The molecule has 1 atom stereocenters. The third kappa shape index (κ3) is 10.3. The van der Waals surface area contributed by atoms with Crippen molar-refractivity contribution in [2.45, 2.75) is 33.6 Å². The summed E-state index contributed by atoms with van der Waals surface area (Å²) in [6, 6.07) is 0. The standard InChI is InChI=1S/C11H24N2O3S/c1-9(2)8-10(3)11(14)12-6-5-7-13-17(4,15)16/h9-10,13H,5-8H2,1-4H3,(H,12,14). The van der Waals surface area contributed by atoms with E-state index in [-0.39, 0.29) is 11.8 Å². The van der Waals surface area contributed by atoms with Gasteiger partial charge in [-0.1, -0.05) is 20.8 Å². The van der Waals surface area contributed by atoms with Crippen molar-refractivity contribution < 1.29 is 13.2 Å². The number of nitrogens with one attached hydrogen (secondary N) is 2. The molecule has 0 saturated heterocycles. The Hall–Kier alpha value is -0.620. The second kappa shape index (κ2) is 7.66. The molecule has 0 fully saturated rings. The molecule has 17 heavy (non-hydrogen) atoms. The van der Waals surface area contributed by atoms with Crippen molar-refractivity contribution in [3.05, 3.63) is 0 Å². The Balaban J connectivity index is 3.65. The van der Waals surface area contributed by atoms with Gasteiger partial charge in [0.15, 0.2) is 0 Å². The monoisotopic (exact) mass is 264 g/mol. The Morgan fingerprint density at radius 2 is 1.76 bits per heavy atom. The van der Waals surface area contributed by atoms with E-state index in [2.05, 4.69) is 23.9 Å². The van der Waals surface area contributed by atoms with Crippen LogP contribution in [0.1, 0.15) is 33.6 Å². The molecular formula is C11H24N2O3S. The maximum atomic E-state index is 11.6. The molecule has 0 saturated carbocycles. The minimum absolute atomic E-state index is 0.0119. The van der Waals surface area contributed by atoms with Gasteiger partial charge < -0.3 is 5.32 Å². The van der Waals surface area contributed by atoms with Crippen molar-refractivity contribution in [2.75, 3.05) is 19.3 Å². The van der Waals surface area contributed by atoms with Gasteiger partial charge in [0.05, 0.1) is 6.26 Å². The van der Waals surface area contributed by atoms with E-state index in [1.807, 2.05) is 6.92 Å². The fraction of sp³-hybridized carbons (Fsp3) is 0.909. The number of hydrogen-bond acceptors (Lipinski definition) is 3. The average Bonchev–Trinajstić information content (AvgIpc) is 2.13. The average molecular weight is 264 g/mol. The van der Waals surface area contributed by atoms with Crippen LogP contribution in [0.5, 0.6) is 0 Å². The van der Waals surface area contributed by atoms with Gasteiger partial charge in [-0.05, 0) is 18.8 Å². The van der Waals surface area contributed by atoms with E-state index in [0.717, 1.165) is 12.7 Å². The first kappa shape index (κ1) is 16.4. The zero-order chi connectivity index (χ0) is 13.5. The minimum Gasteiger partial charge on any atom is -0.356 e. The Morgan fingerprint density at radius 1 is 1.18 bits per heavy atom. The summed E-state index contributed by atoms with van der Waals surface area (Å²) in [7, 11) is -3.12. The molecule has 0 radical (unpaired) electrons. The first-order valence-electron chi connectivity index (χ1n) is 5.94. The minimum atomic E-state index is -3.12. The van der Waals surface area contributed by atoms with Crippen LogP contribution in [-0.4, -0.2) is 33.7 Å². The molecule has 0 aromatic rings. The summed E-state index contributed by atoms with van der Waals surface area (Å²) in [6.07, 6.45) is 2.59. The van der Waals surface area contributed by atoms with Crippen LogP contribution in [0.4, 0.5) is 0 Å². The molecule has 0 bridgehead atoms. The van der Waals surface area contributed by atoms with E-state index >= 15 is 0 Å². The molecule has 0 spiro atoms. The Labute approximate surface area is 104 Å². The molecule has 6 heteroatoms. The Morgan fingerprint density at radius 3 is 2.24 bits per heavy atom. The van der Waals surface area contributed by atoms with Crippen molar-refractivity contribution >= 4 is 15.9 Å². The van der Waals surface area contributed by atoms with Gasteiger partial charge in [-0.25, -0.2) is 13.1 Å². The van der Waals surface area contributed by atoms with Crippen molar-refractivity contribution in [3.63, 3.8) is 0 Å². The van der Waals surface area contributed by atoms with Gasteiger partial charge in [-0.15, -0.1) is 0 Å². The molecule has 0 aliphatic rings. The number of carbonyl (C=O) groups excluding carboxylic acids is 1. The normalized spacial score (nSPS) is 13.7. The van der Waals surface area contributed by atoms with Gasteiger partial charge in [0.25, 0.3) is 0 Å². The van der Waals surface area contributed by atoms with Gasteiger partial charge in [0.1, 0.15) is 0 Å². The lowest BCUT2D eigenvalue weighted by Gasteiger charge is -2.14. The van der Waals surface area contributed by atoms with E-state index in [4.69, 9.17) is 0 Å². The fourth-order valence-corrected chi connectivity index (χ4v) is 2.06. The van der Waals surface area contributed by atoms with Gasteiger partial charge >= 0.3 is 0 Å². The van der Waals surface area contributed by atoms with Gasteiger partial charge in [-0.3, -0.25) is 4.79 Å². The zero-order valence-corrected chi connectivity index (χ0v) is 11.9. The number of carbonyl (C=O) groups is 1. The van der Waals surface area contributed by atoms with Crippen LogP contribution in [-0.2, 0) is 14.8 Å². The van der Waals surface area contributed by atoms with Crippen molar-refractivity contribution in [1.29, 1.82) is 0 Å². The van der Waals surface area contributed by atoms with E-state index in [0.29, 0.717) is 25.4 Å². The van der Waals surface area contributed by atoms with Crippen LogP contribution >= 0.6 is 0 Å². The van der Waals surface area contributed by atoms with Crippen LogP contribution in [0.2, 0.25) is 0 Å². The molecule has 0 aliphatic heterocycles. The molecule has 0 aliphatic carbocycles. The second-order valence-electron chi connectivity index (χ2n) is 4.84. The highest BCUT2D eigenvalue weighted by molar-refractivity contribution is 7.88. The summed E-state index contributed by atoms with van der Waals surface area (Å²) in [4.78, 5) is 11.6. The van der Waals surface area contributed by atoms with Gasteiger partial charge in [-0.2, -0.15) is 0 Å². The highest BCUT2D eigenvalue weighted by Gasteiger charge is 2.13. The van der Waals surface area contributed by atoms with Crippen molar-refractivity contribution in [2.24, 2.45) is 11.8 Å². The predicted octanol–water partition coefficient (Wildman–Crippen LogP) is 0.724. The maximum absolute atomic E-state index is 11.6. The third-order valence-electron chi connectivity index (χ3n) is 2.29. The van der Waals surface area contributed by atoms with Crippen LogP contribution in [0, 0.1) is 11.8 Å². The summed E-state index contributed by atoms with van der Waals surface area (Å²) < 4.78 is 23.9. The molecule has 1 amide bonds. The maximum Gasteiger partial charge on any atom is 0.222 e. The molecule has 0 rings (SSSR count). The molecule has 0 aromatic heterocycles. The number of hydrogen-bond donors (Lipinski definition) is 2. The SMILES string of the molecule is CC(C)CC(C)C(=O)NCCCNS(C)(=O)=O. The second-order valence-corrected chi connectivity index (χ2v) is 6.67. The lowest BCUT2D eigenvalue weighted by molar-refractivity contribution is -0.124. The predicted molar refractivity (Wildman–Crippen MR) is 69.1 cm³/mol. The van der Waals surface area contributed by atoms with Crippen molar-refractivity contribution in [1.82, 2.24) is 10.0 Å². The van der Waals surface area contributed by atoms with Crippen LogP contribution in [0.25, 0.3) is 0 Å². The number of sulfonamides is 1. The number of amides is 1. The van der Waals surface area contributed by atoms with Gasteiger partial charge in [0.2, 0.25) is 15.9 Å². The van der Waals surface area contributed by atoms with E-state index in [9.17, 15) is 13.2 Å². The van der Waals surface area contributed by atoms with Crippen LogP contribution < -0.4 is 10.0 Å². The largest absolute Gasteiger partial charge is 0.356 e. The lowest BCUT2D eigenvalue weighted by Crippen LogP contribution is -2.33. The molecular weight excluding hydrogens is 240 g/mol. The van der Waals surface area contributed by atoms with Crippen LogP contribution in [0.3, 0.4) is 0 Å². The highest BCUT2D eigenvalue weighted by Crippen LogP contribution is 2.10. The fourth-order valence-electron chi connectivity index (χ4n) is 1.55. The summed E-state index contributed by atoms with van der Waals surface area (Å²) in [5, 5.41) is 2.80. The molecule has 0 aromatic carbocycles. The molecule has 102 valence electrons. The van der Waals surface area contributed by atoms with Crippen molar-refractivity contribution in [3.8, 4) is 0 Å². The Bertz CT molecular complexity index is 326. The molecule has 0 heterocycles. The smallest absolute Gasteiger partial charge is 0.222 e. The summed E-state index contributed by atoms with van der Waals surface area (Å²) in [5.74, 6) is 0.554. The van der Waals surface area contributed by atoms with E-state index < -0.39 is 10.0 Å². The summed E-state index contributed by atoms with van der Waals surface area (Å²) >= 11 is 0. The highest BCUT2D eigenvalue weighted by atomic mass is 32.2. The van der Waals surface area contributed by atoms with E-state index in [1.54, 1.807) is 0 Å². The lowest BCUT2D eigenvalue weighted by atomic mass is 9.98. The molecule has 5 nitrogen and oxygen atoms in total. The van der Waals surface area contributed by atoms with Crippen LogP contribution in [0.15, 0.2) is 0 Å². The third-order valence-corrected chi connectivity index (χ3v) is 3.02. The quantitative estimate of drug-likeness (QED) is 0.634. The Kier molecular flexibility index (Phi) is 7.38. The number of rotatable bonds is 8. The van der Waals surface area contributed by atoms with E-state index in [1.165, 1.54) is 0 Å². The topological polar surface area (TPSA) is 75.3 Å².